The molecular formula is C2H7PtSi2-. The zero-order valence-electron chi connectivity index (χ0n) is 2.10. The van der Waals surface area contributed by atoms with Crippen LogP contribution in [0.15, 0.2) is 6.58 Å². The summed E-state index contributed by atoms with van der Waals surface area (Å²) >= 11 is 0. The molecule has 5 heavy (non-hydrogen) atoms. The minimum Gasteiger partial charge on any atom is -0.521 e. The molecule has 0 aromatic rings. The topological polar surface area (TPSA) is 0 Å². The van der Waals surface area contributed by atoms with Crippen LogP contribution in [0.1, 0.15) is 0 Å². The van der Waals surface area contributed by atoms with Crippen LogP contribution >= 0.6 is 0 Å². The van der Waals surface area contributed by atoms with Crippen molar-refractivity contribution in [2.24, 2.45) is 0 Å². The molecule has 0 aliphatic carbocycles. The largest absolute Gasteiger partial charge is 0.521 e. The maximum Gasteiger partial charge on any atom is 0 e. The second kappa shape index (κ2) is 97.6. The van der Waals surface area contributed by atoms with Gasteiger partial charge in [0.05, 0.1) is 0 Å². The van der Waals surface area contributed by atoms with Gasteiger partial charge in [-0.2, -0.15) is 0 Å². The fraction of sp³-hybridized carbons (Fsp3) is 0. The Morgan fingerprint density at radius 2 is 1.20 bits per heavy atom. The maximum absolute atomic E-state index is 4.25. The van der Waals surface area contributed by atoms with Gasteiger partial charge >= 0.3 is 0 Å². The molecule has 4 radical (unpaired) electrons. The molecule has 0 spiro atoms. The summed E-state index contributed by atoms with van der Waals surface area (Å²) < 4.78 is 0. The molecule has 0 heterocycles. The molecular weight excluding hydrogens is 275 g/mol. The fourth-order valence-corrected chi connectivity index (χ4v) is 0. The zero-order valence-corrected chi connectivity index (χ0v) is 5.37. The van der Waals surface area contributed by atoms with Crippen molar-refractivity contribution in [2.75, 3.05) is 0 Å². The molecule has 0 saturated heterocycles. The third-order valence-corrected chi connectivity index (χ3v) is 0. The SMILES string of the molecule is [CH-]=C.[Pt].[SiH4].[Si]. The summed E-state index contributed by atoms with van der Waals surface area (Å²) in [5, 5.41) is 0. The fourth-order valence-electron chi connectivity index (χ4n) is 0. The number of hydrogen-bond acceptors (Lipinski definition) is 0. The van der Waals surface area contributed by atoms with Gasteiger partial charge in [0.15, 0.2) is 0 Å². The molecule has 0 aliphatic heterocycles. The van der Waals surface area contributed by atoms with E-state index in [2.05, 4.69) is 13.2 Å². The molecule has 0 amide bonds. The first-order chi connectivity index (χ1) is 1.00. The van der Waals surface area contributed by atoms with E-state index in [1.807, 2.05) is 0 Å². The van der Waals surface area contributed by atoms with Crippen LogP contribution < -0.4 is 0 Å². The van der Waals surface area contributed by atoms with Gasteiger partial charge in [0.2, 0.25) is 0 Å². The van der Waals surface area contributed by atoms with Crippen LogP contribution in [0.4, 0.5) is 0 Å². The summed E-state index contributed by atoms with van der Waals surface area (Å²) in [6.07, 6.45) is 0. The minimum absolute atomic E-state index is 0. The molecule has 0 N–H and O–H groups in total. The summed E-state index contributed by atoms with van der Waals surface area (Å²) in [4.78, 5) is 0. The Kier molecular flexibility index (Phi) is 780. The van der Waals surface area contributed by atoms with E-state index in [0.29, 0.717) is 0 Å². The summed E-state index contributed by atoms with van der Waals surface area (Å²) in [7, 11) is 0. The molecule has 0 nitrogen and oxygen atoms in total. The minimum atomic E-state index is 0. The Hall–Kier alpha value is 0.862. The molecule has 34 valence electrons. The van der Waals surface area contributed by atoms with E-state index >= 15 is 0 Å². The van der Waals surface area contributed by atoms with Crippen LogP contribution in [-0.2, 0) is 21.1 Å². The van der Waals surface area contributed by atoms with Gasteiger partial charge in [0.25, 0.3) is 0 Å². The molecule has 0 rings (SSSR count). The van der Waals surface area contributed by atoms with Gasteiger partial charge in [-0.05, 0) is 11.0 Å². The van der Waals surface area contributed by atoms with Gasteiger partial charge < -0.3 is 6.58 Å². The van der Waals surface area contributed by atoms with Crippen molar-refractivity contribution < 1.29 is 21.1 Å². The Bertz CT molecular complexity index is 7.61. The average molecular weight is 282 g/mol. The van der Waals surface area contributed by atoms with Crippen LogP contribution in [0.2, 0.25) is 0 Å². The van der Waals surface area contributed by atoms with Gasteiger partial charge in [-0.1, -0.05) is 0 Å². The monoisotopic (exact) mass is 282 g/mol. The smallest absolute Gasteiger partial charge is 0 e. The van der Waals surface area contributed by atoms with Crippen molar-refractivity contribution in [1.29, 1.82) is 0 Å². The Morgan fingerprint density at radius 1 is 1.20 bits per heavy atom. The van der Waals surface area contributed by atoms with Crippen molar-refractivity contribution in [2.45, 2.75) is 0 Å². The second-order valence-electron chi connectivity index (χ2n) is 0. The quantitative estimate of drug-likeness (QED) is 0.386. The molecule has 0 aromatic carbocycles. The molecule has 0 fully saturated rings. The molecule has 0 bridgehead atoms. The molecule has 0 atom stereocenters. The molecule has 0 aromatic heterocycles. The Morgan fingerprint density at radius 3 is 1.20 bits per heavy atom. The maximum atomic E-state index is 4.25. The van der Waals surface area contributed by atoms with Crippen molar-refractivity contribution >= 4 is 21.9 Å². The molecule has 0 aliphatic rings. The van der Waals surface area contributed by atoms with Crippen molar-refractivity contribution in [3.8, 4) is 0 Å². The molecule has 3 heteroatoms. The normalized spacial score (nSPS) is 0.800. The first kappa shape index (κ1) is 40.0. The van der Waals surface area contributed by atoms with Crippen LogP contribution in [0.25, 0.3) is 0 Å². The van der Waals surface area contributed by atoms with Crippen LogP contribution in [-0.4, -0.2) is 21.9 Å². The third-order valence-electron chi connectivity index (χ3n) is 0. The summed E-state index contributed by atoms with van der Waals surface area (Å²) in [5.74, 6) is 0. The predicted octanol–water partition coefficient (Wildman–Crippen LogP) is -1.23. The Labute approximate surface area is 56.3 Å². The van der Waals surface area contributed by atoms with Gasteiger partial charge in [-0.15, -0.1) is 0 Å². The third kappa shape index (κ3) is 53.6. The predicted molar refractivity (Wildman–Crippen MR) is 27.0 cm³/mol. The molecule has 0 unspecified atom stereocenters. The average Bonchev–Trinajstić information content (AvgIpc) is 1.00. The van der Waals surface area contributed by atoms with Gasteiger partial charge in [-0.3, -0.25) is 6.58 Å². The van der Waals surface area contributed by atoms with Gasteiger partial charge in [0, 0.05) is 32.0 Å². The van der Waals surface area contributed by atoms with E-state index in [1.54, 1.807) is 0 Å². The standard InChI is InChI=1S/C2H3.Pt.H4Si.Si/c1-2;;;/h1H,2H2;;1H4;/q-1;;;. The van der Waals surface area contributed by atoms with Crippen LogP contribution in [0, 0.1) is 6.58 Å². The van der Waals surface area contributed by atoms with Crippen LogP contribution in [0.5, 0.6) is 0 Å². The number of hydrogen-bond donors (Lipinski definition) is 0. The van der Waals surface area contributed by atoms with Gasteiger partial charge in [-0.25, -0.2) is 0 Å². The van der Waals surface area contributed by atoms with E-state index in [-0.39, 0.29) is 43.0 Å². The summed E-state index contributed by atoms with van der Waals surface area (Å²) in [6, 6.07) is 0. The van der Waals surface area contributed by atoms with E-state index in [4.69, 9.17) is 0 Å². The van der Waals surface area contributed by atoms with Crippen molar-refractivity contribution in [3.05, 3.63) is 13.2 Å². The number of rotatable bonds is 0. The first-order valence-corrected chi connectivity index (χ1v) is 0.408. The van der Waals surface area contributed by atoms with Gasteiger partial charge in [0.1, 0.15) is 0 Å². The van der Waals surface area contributed by atoms with E-state index in [1.165, 1.54) is 0 Å². The Balaban J connectivity index is -0.00000000167. The van der Waals surface area contributed by atoms with E-state index < -0.39 is 0 Å². The second-order valence-corrected chi connectivity index (χ2v) is 0. The van der Waals surface area contributed by atoms with Crippen molar-refractivity contribution in [1.82, 2.24) is 0 Å². The van der Waals surface area contributed by atoms with E-state index in [0.717, 1.165) is 0 Å². The van der Waals surface area contributed by atoms with Crippen LogP contribution in [0.3, 0.4) is 0 Å². The summed E-state index contributed by atoms with van der Waals surface area (Å²) in [5.41, 5.74) is 0. The molecule has 0 saturated carbocycles. The zero-order chi connectivity index (χ0) is 2.00. The van der Waals surface area contributed by atoms with Crippen molar-refractivity contribution in [3.63, 3.8) is 0 Å². The first-order valence-electron chi connectivity index (χ1n) is 0.408. The summed E-state index contributed by atoms with van der Waals surface area (Å²) in [6.45, 7) is 7.00. The van der Waals surface area contributed by atoms with E-state index in [9.17, 15) is 0 Å².